The first-order valence-electron chi connectivity index (χ1n) is 9.36. The fraction of sp³-hybridized carbons (Fsp3) is 0.889. The molecule has 0 spiro atoms. The van der Waals surface area contributed by atoms with Crippen LogP contribution < -0.4 is 5.32 Å². The van der Waals surface area contributed by atoms with Crippen LogP contribution in [0.5, 0.6) is 0 Å². The molecule has 0 bridgehead atoms. The monoisotopic (exact) mass is 306 g/mol. The third kappa shape index (κ3) is 3.64. The number of hydrogen-bond acceptors (Lipinski definition) is 2. The van der Waals surface area contributed by atoms with Crippen molar-refractivity contribution < 1.29 is 9.59 Å². The lowest BCUT2D eigenvalue weighted by Crippen LogP contribution is -2.50. The number of hydrogen-bond donors (Lipinski definition) is 1. The molecule has 1 heterocycles. The quantitative estimate of drug-likeness (QED) is 0.871. The fourth-order valence-corrected chi connectivity index (χ4v) is 4.43. The second kappa shape index (κ2) is 7.47. The summed E-state index contributed by atoms with van der Waals surface area (Å²) < 4.78 is 0. The molecule has 0 aromatic rings. The molecule has 1 N–H and O–H groups in total. The highest BCUT2D eigenvalue weighted by molar-refractivity contribution is 5.89. The molecule has 1 atom stereocenters. The van der Waals surface area contributed by atoms with Gasteiger partial charge >= 0.3 is 0 Å². The van der Waals surface area contributed by atoms with Crippen molar-refractivity contribution in [2.24, 2.45) is 5.92 Å². The van der Waals surface area contributed by atoms with Gasteiger partial charge < -0.3 is 10.2 Å². The lowest BCUT2D eigenvalue weighted by atomic mass is 9.88. The van der Waals surface area contributed by atoms with Crippen molar-refractivity contribution in [3.63, 3.8) is 0 Å². The van der Waals surface area contributed by atoms with Crippen molar-refractivity contribution in [3.05, 3.63) is 0 Å². The number of rotatable bonds is 3. The molecule has 4 nitrogen and oxygen atoms in total. The summed E-state index contributed by atoms with van der Waals surface area (Å²) in [7, 11) is 0. The summed E-state index contributed by atoms with van der Waals surface area (Å²) in [5.74, 6) is 0.534. The van der Waals surface area contributed by atoms with Crippen molar-refractivity contribution >= 4 is 11.8 Å². The molecule has 2 saturated carbocycles. The molecular formula is C18H30N2O2. The van der Waals surface area contributed by atoms with Gasteiger partial charge in [-0.05, 0) is 38.5 Å². The van der Waals surface area contributed by atoms with Gasteiger partial charge in [-0.15, -0.1) is 0 Å². The van der Waals surface area contributed by atoms with E-state index >= 15 is 0 Å². The topological polar surface area (TPSA) is 49.4 Å². The van der Waals surface area contributed by atoms with Crippen LogP contribution in [0.25, 0.3) is 0 Å². The summed E-state index contributed by atoms with van der Waals surface area (Å²) in [6.45, 7) is 0.776. The zero-order valence-electron chi connectivity index (χ0n) is 13.7. The normalized spacial score (nSPS) is 27.8. The molecule has 0 radical (unpaired) electrons. The molecule has 2 amide bonds. The van der Waals surface area contributed by atoms with Crippen molar-refractivity contribution in [2.75, 3.05) is 6.54 Å². The average molecular weight is 306 g/mol. The number of nitrogens with one attached hydrogen (secondary N) is 1. The van der Waals surface area contributed by atoms with E-state index < -0.39 is 0 Å². The molecule has 1 aliphatic heterocycles. The van der Waals surface area contributed by atoms with E-state index in [0.29, 0.717) is 6.04 Å². The molecule has 0 aromatic carbocycles. The Kier molecular flexibility index (Phi) is 5.37. The predicted molar refractivity (Wildman–Crippen MR) is 86.3 cm³/mol. The summed E-state index contributed by atoms with van der Waals surface area (Å²) in [5, 5.41) is 3.22. The average Bonchev–Trinajstić information content (AvgIpc) is 3.05. The van der Waals surface area contributed by atoms with Crippen LogP contribution in [0, 0.1) is 5.92 Å². The first-order chi connectivity index (χ1) is 10.8. The van der Waals surface area contributed by atoms with Crippen LogP contribution in [0.4, 0.5) is 0 Å². The van der Waals surface area contributed by atoms with Crippen LogP contribution in [0.1, 0.15) is 77.0 Å². The Bertz CT molecular complexity index is 398. The lowest BCUT2D eigenvalue weighted by molar-refractivity contribution is -0.142. The molecule has 2 aliphatic carbocycles. The number of likely N-dealkylation sites (tertiary alicyclic amines) is 1. The SMILES string of the molecule is O=C(NC1CCCCC1)[C@@H]1CCCN1C(=O)C1CCCCC1. The highest BCUT2D eigenvalue weighted by Crippen LogP contribution is 2.29. The predicted octanol–water partition coefficient (Wildman–Crippen LogP) is 3.01. The summed E-state index contributed by atoms with van der Waals surface area (Å²) in [4.78, 5) is 27.3. The van der Waals surface area contributed by atoms with Crippen LogP contribution in [-0.4, -0.2) is 35.3 Å². The number of nitrogens with zero attached hydrogens (tertiary/aromatic N) is 1. The van der Waals surface area contributed by atoms with Gasteiger partial charge in [-0.25, -0.2) is 0 Å². The molecule has 3 rings (SSSR count). The molecule has 4 heteroatoms. The Morgan fingerprint density at radius 1 is 0.773 bits per heavy atom. The molecule has 22 heavy (non-hydrogen) atoms. The van der Waals surface area contributed by atoms with Crippen molar-refractivity contribution in [1.29, 1.82) is 0 Å². The Labute approximate surface area is 134 Å². The van der Waals surface area contributed by atoms with Gasteiger partial charge in [-0.1, -0.05) is 38.5 Å². The number of carbonyl (C=O) groups is 2. The van der Waals surface area contributed by atoms with Gasteiger partial charge in [0.1, 0.15) is 6.04 Å². The minimum atomic E-state index is -0.198. The van der Waals surface area contributed by atoms with Gasteiger partial charge in [0, 0.05) is 18.5 Å². The zero-order valence-corrected chi connectivity index (χ0v) is 13.7. The van der Waals surface area contributed by atoms with Gasteiger partial charge in [0.05, 0.1) is 0 Å². The van der Waals surface area contributed by atoms with Crippen LogP contribution in [0.3, 0.4) is 0 Å². The summed E-state index contributed by atoms with van der Waals surface area (Å²) in [5.41, 5.74) is 0. The standard InChI is InChI=1S/C18H30N2O2/c21-17(19-15-10-5-2-6-11-15)16-12-7-13-20(16)18(22)14-8-3-1-4-9-14/h14-16H,1-13H2,(H,19,21)/t16-/m0/s1. The van der Waals surface area contributed by atoms with Crippen LogP contribution >= 0.6 is 0 Å². The van der Waals surface area contributed by atoms with Crippen LogP contribution in [0.2, 0.25) is 0 Å². The first kappa shape index (κ1) is 15.8. The third-order valence-corrected chi connectivity index (χ3v) is 5.74. The molecule has 1 saturated heterocycles. The largest absolute Gasteiger partial charge is 0.352 e. The van der Waals surface area contributed by atoms with Crippen LogP contribution in [-0.2, 0) is 9.59 Å². The second-order valence-corrected chi connectivity index (χ2v) is 7.37. The van der Waals surface area contributed by atoms with E-state index in [0.717, 1.165) is 45.1 Å². The number of amides is 2. The van der Waals surface area contributed by atoms with Gasteiger partial charge in [-0.3, -0.25) is 9.59 Å². The van der Waals surface area contributed by atoms with E-state index in [9.17, 15) is 9.59 Å². The minimum Gasteiger partial charge on any atom is -0.352 e. The molecule has 0 aromatic heterocycles. The molecular weight excluding hydrogens is 276 g/mol. The van der Waals surface area contributed by atoms with E-state index in [1.54, 1.807) is 0 Å². The van der Waals surface area contributed by atoms with E-state index in [1.807, 2.05) is 4.90 Å². The smallest absolute Gasteiger partial charge is 0.243 e. The fourth-order valence-electron chi connectivity index (χ4n) is 4.43. The Morgan fingerprint density at radius 2 is 1.41 bits per heavy atom. The van der Waals surface area contributed by atoms with E-state index in [4.69, 9.17) is 0 Å². The summed E-state index contributed by atoms with van der Waals surface area (Å²) in [6.07, 6.45) is 13.4. The lowest BCUT2D eigenvalue weighted by Gasteiger charge is -2.31. The van der Waals surface area contributed by atoms with Crippen molar-refractivity contribution in [3.8, 4) is 0 Å². The van der Waals surface area contributed by atoms with Gasteiger partial charge in [0.25, 0.3) is 0 Å². The Balaban J connectivity index is 1.56. The maximum Gasteiger partial charge on any atom is 0.243 e. The van der Waals surface area contributed by atoms with E-state index in [2.05, 4.69) is 5.32 Å². The maximum atomic E-state index is 12.8. The van der Waals surface area contributed by atoms with E-state index in [1.165, 1.54) is 38.5 Å². The van der Waals surface area contributed by atoms with Gasteiger partial charge in [-0.2, -0.15) is 0 Å². The highest BCUT2D eigenvalue weighted by atomic mass is 16.2. The second-order valence-electron chi connectivity index (χ2n) is 7.37. The molecule has 0 unspecified atom stereocenters. The van der Waals surface area contributed by atoms with Crippen molar-refractivity contribution in [1.82, 2.24) is 10.2 Å². The highest BCUT2D eigenvalue weighted by Gasteiger charge is 2.37. The number of carbonyl (C=O) groups excluding carboxylic acids is 2. The summed E-state index contributed by atoms with van der Waals surface area (Å²) >= 11 is 0. The van der Waals surface area contributed by atoms with Gasteiger partial charge in [0.2, 0.25) is 11.8 Å². The van der Waals surface area contributed by atoms with Crippen molar-refractivity contribution in [2.45, 2.75) is 89.1 Å². The van der Waals surface area contributed by atoms with Crippen LogP contribution in [0.15, 0.2) is 0 Å². The zero-order chi connectivity index (χ0) is 15.4. The molecule has 3 aliphatic rings. The first-order valence-corrected chi connectivity index (χ1v) is 9.36. The minimum absolute atomic E-state index is 0.105. The summed E-state index contributed by atoms with van der Waals surface area (Å²) in [6, 6.07) is 0.143. The van der Waals surface area contributed by atoms with Gasteiger partial charge in [0.15, 0.2) is 0 Å². The third-order valence-electron chi connectivity index (χ3n) is 5.74. The molecule has 3 fully saturated rings. The Hall–Kier alpha value is -1.06. The Morgan fingerprint density at radius 3 is 2.09 bits per heavy atom. The van der Waals surface area contributed by atoms with E-state index in [-0.39, 0.29) is 23.8 Å². The molecule has 124 valence electrons. The maximum absolute atomic E-state index is 12.8.